The highest BCUT2D eigenvalue weighted by molar-refractivity contribution is 6.53. The molecule has 0 aromatic heterocycles. The summed E-state index contributed by atoms with van der Waals surface area (Å²) in [5.74, 6) is -1.50. The first kappa shape index (κ1) is 24.6. The molecule has 178 valence electrons. The summed E-state index contributed by atoms with van der Waals surface area (Å²) >= 11 is 18.3. The summed E-state index contributed by atoms with van der Waals surface area (Å²) < 4.78 is 5.27. The third-order valence-corrected chi connectivity index (χ3v) is 6.06. The predicted octanol–water partition coefficient (Wildman–Crippen LogP) is 6.00. The molecule has 0 atom stereocenters. The quantitative estimate of drug-likeness (QED) is 0.382. The molecule has 0 saturated heterocycles. The van der Waals surface area contributed by atoms with E-state index in [9.17, 15) is 14.4 Å². The van der Waals surface area contributed by atoms with Gasteiger partial charge in [-0.15, -0.1) is 0 Å². The molecule has 0 aliphatic carbocycles. The van der Waals surface area contributed by atoms with Crippen molar-refractivity contribution in [3.63, 3.8) is 0 Å². The van der Waals surface area contributed by atoms with E-state index in [4.69, 9.17) is 39.5 Å². The minimum absolute atomic E-state index is 0.134. The fourth-order valence-corrected chi connectivity index (χ4v) is 4.12. The SMILES string of the molecule is COc1ccc(Cl)cc1N1C(=O)C(Cl)=C(Nc2cccc(C(=O)Nc3ccc(Cl)cc3C)c2)C1=O. The van der Waals surface area contributed by atoms with Crippen LogP contribution in [-0.4, -0.2) is 24.8 Å². The van der Waals surface area contributed by atoms with Gasteiger partial charge in [-0.1, -0.05) is 40.9 Å². The summed E-state index contributed by atoms with van der Waals surface area (Å²) in [7, 11) is 1.41. The van der Waals surface area contributed by atoms with Crippen LogP contribution in [0.4, 0.5) is 17.1 Å². The molecule has 0 radical (unpaired) electrons. The molecule has 10 heteroatoms. The van der Waals surface area contributed by atoms with Gasteiger partial charge in [0.1, 0.15) is 16.5 Å². The summed E-state index contributed by atoms with van der Waals surface area (Å²) in [5, 5.41) is 6.27. The average molecular weight is 531 g/mol. The van der Waals surface area contributed by atoms with Crippen LogP contribution >= 0.6 is 34.8 Å². The number of hydrogen-bond donors (Lipinski definition) is 2. The largest absolute Gasteiger partial charge is 0.495 e. The van der Waals surface area contributed by atoms with Crippen LogP contribution in [0, 0.1) is 6.92 Å². The molecule has 0 bridgehead atoms. The van der Waals surface area contributed by atoms with Crippen molar-refractivity contribution in [3.8, 4) is 5.75 Å². The second-order valence-corrected chi connectivity index (χ2v) is 8.82. The van der Waals surface area contributed by atoms with Crippen molar-refractivity contribution in [3.05, 3.63) is 92.6 Å². The molecular formula is C25H18Cl3N3O4. The molecule has 1 aliphatic rings. The van der Waals surface area contributed by atoms with Gasteiger partial charge in [0.05, 0.1) is 12.8 Å². The molecule has 0 saturated carbocycles. The highest BCUT2D eigenvalue weighted by Gasteiger charge is 2.40. The molecule has 0 unspecified atom stereocenters. The van der Waals surface area contributed by atoms with E-state index < -0.39 is 11.8 Å². The van der Waals surface area contributed by atoms with Crippen LogP contribution in [0.1, 0.15) is 15.9 Å². The number of halogens is 3. The molecule has 0 fully saturated rings. The van der Waals surface area contributed by atoms with Crippen LogP contribution in [0.25, 0.3) is 0 Å². The number of anilines is 3. The Hall–Kier alpha value is -3.52. The second-order valence-electron chi connectivity index (χ2n) is 7.57. The van der Waals surface area contributed by atoms with Crippen LogP contribution in [0.3, 0.4) is 0 Å². The van der Waals surface area contributed by atoms with Gasteiger partial charge in [0.25, 0.3) is 17.7 Å². The molecule has 1 aliphatic heterocycles. The summed E-state index contributed by atoms with van der Waals surface area (Å²) in [6.45, 7) is 1.83. The Kier molecular flexibility index (Phi) is 7.03. The molecule has 3 aromatic rings. The van der Waals surface area contributed by atoms with Crippen molar-refractivity contribution in [1.29, 1.82) is 0 Å². The van der Waals surface area contributed by atoms with Crippen molar-refractivity contribution >= 4 is 69.6 Å². The fraction of sp³-hybridized carbons (Fsp3) is 0.0800. The normalized spacial score (nSPS) is 13.3. The summed E-state index contributed by atoms with van der Waals surface area (Å²) in [5.41, 5.74) is 2.17. The number of amides is 3. The first-order chi connectivity index (χ1) is 16.7. The van der Waals surface area contributed by atoms with Gasteiger partial charge in [0, 0.05) is 27.0 Å². The van der Waals surface area contributed by atoms with E-state index in [1.165, 1.54) is 19.2 Å². The Balaban J connectivity index is 1.57. The lowest BCUT2D eigenvalue weighted by atomic mass is 10.1. The van der Waals surface area contributed by atoms with Crippen molar-refractivity contribution in [2.45, 2.75) is 6.92 Å². The molecule has 3 amide bonds. The summed E-state index contributed by atoms with van der Waals surface area (Å²) in [6.07, 6.45) is 0. The van der Waals surface area contributed by atoms with E-state index in [1.807, 2.05) is 6.92 Å². The molecule has 7 nitrogen and oxygen atoms in total. The Morgan fingerprint density at radius 2 is 1.63 bits per heavy atom. The lowest BCUT2D eigenvalue weighted by molar-refractivity contribution is -0.120. The molecule has 1 heterocycles. The number of rotatable bonds is 6. The van der Waals surface area contributed by atoms with Crippen molar-refractivity contribution in [1.82, 2.24) is 0 Å². The van der Waals surface area contributed by atoms with Gasteiger partial charge < -0.3 is 15.4 Å². The van der Waals surface area contributed by atoms with Gasteiger partial charge in [-0.3, -0.25) is 14.4 Å². The number of carbonyl (C=O) groups is 3. The fourth-order valence-electron chi connectivity index (χ4n) is 3.51. The maximum atomic E-state index is 13.1. The number of hydrogen-bond acceptors (Lipinski definition) is 5. The molecule has 35 heavy (non-hydrogen) atoms. The number of nitrogens with one attached hydrogen (secondary N) is 2. The van der Waals surface area contributed by atoms with E-state index in [2.05, 4.69) is 10.6 Å². The van der Waals surface area contributed by atoms with E-state index in [0.717, 1.165) is 10.5 Å². The Morgan fingerprint density at radius 3 is 2.34 bits per heavy atom. The molecule has 4 rings (SSSR count). The Morgan fingerprint density at radius 1 is 0.914 bits per heavy atom. The van der Waals surface area contributed by atoms with Crippen LogP contribution in [-0.2, 0) is 9.59 Å². The van der Waals surface area contributed by atoms with Crippen LogP contribution in [0.5, 0.6) is 5.75 Å². The molecule has 3 aromatic carbocycles. The zero-order valence-electron chi connectivity index (χ0n) is 18.5. The summed E-state index contributed by atoms with van der Waals surface area (Å²) in [4.78, 5) is 39.7. The third-order valence-electron chi connectivity index (χ3n) is 5.24. The smallest absolute Gasteiger partial charge is 0.283 e. The van der Waals surface area contributed by atoms with E-state index >= 15 is 0 Å². The Labute approximate surface area is 216 Å². The van der Waals surface area contributed by atoms with E-state index in [0.29, 0.717) is 27.0 Å². The zero-order chi connectivity index (χ0) is 25.3. The maximum absolute atomic E-state index is 13.1. The zero-order valence-corrected chi connectivity index (χ0v) is 20.8. The van der Waals surface area contributed by atoms with E-state index in [-0.39, 0.29) is 28.1 Å². The highest BCUT2D eigenvalue weighted by atomic mass is 35.5. The number of benzene rings is 3. The van der Waals surface area contributed by atoms with Crippen molar-refractivity contribution < 1.29 is 19.1 Å². The number of nitrogens with zero attached hydrogens (tertiary/aromatic N) is 1. The van der Waals surface area contributed by atoms with Crippen LogP contribution in [0.2, 0.25) is 10.0 Å². The van der Waals surface area contributed by atoms with Crippen LogP contribution in [0.15, 0.2) is 71.4 Å². The molecule has 0 spiro atoms. The number of aryl methyl sites for hydroxylation is 1. The van der Waals surface area contributed by atoms with Gasteiger partial charge in [-0.05, 0) is 67.1 Å². The molecule has 2 N–H and O–H groups in total. The van der Waals surface area contributed by atoms with Crippen LogP contribution < -0.4 is 20.3 Å². The Bertz CT molecular complexity index is 1400. The topological polar surface area (TPSA) is 87.7 Å². The number of imide groups is 1. The lowest BCUT2D eigenvalue weighted by Crippen LogP contribution is -2.32. The number of carbonyl (C=O) groups excluding carboxylic acids is 3. The number of ether oxygens (including phenoxy) is 1. The second kappa shape index (κ2) is 10.00. The van der Waals surface area contributed by atoms with Crippen molar-refractivity contribution in [2.75, 3.05) is 22.6 Å². The predicted molar refractivity (Wildman–Crippen MR) is 138 cm³/mol. The minimum atomic E-state index is -0.730. The van der Waals surface area contributed by atoms with E-state index in [1.54, 1.807) is 48.5 Å². The first-order valence-electron chi connectivity index (χ1n) is 10.3. The lowest BCUT2D eigenvalue weighted by Gasteiger charge is -2.18. The maximum Gasteiger partial charge on any atom is 0.283 e. The highest BCUT2D eigenvalue weighted by Crippen LogP contribution is 2.37. The van der Waals surface area contributed by atoms with Gasteiger partial charge in [-0.2, -0.15) is 0 Å². The monoisotopic (exact) mass is 529 g/mol. The number of methoxy groups -OCH3 is 1. The summed E-state index contributed by atoms with van der Waals surface area (Å²) in [6, 6.07) is 16.1. The van der Waals surface area contributed by atoms with Crippen molar-refractivity contribution in [2.24, 2.45) is 0 Å². The standard InChI is InChI=1S/C25H18Cl3N3O4/c1-13-10-15(26)6-8-18(13)30-23(32)14-4-3-5-17(11-14)29-22-21(28)24(33)31(25(22)34)19-12-16(27)7-9-20(19)35-2/h3-12,29H,1-2H3,(H,30,32). The third kappa shape index (κ3) is 4.98. The van der Waals surface area contributed by atoms with Gasteiger partial charge in [-0.25, -0.2) is 4.90 Å². The molecular weight excluding hydrogens is 513 g/mol. The first-order valence-corrected chi connectivity index (χ1v) is 11.4. The average Bonchev–Trinajstić information content (AvgIpc) is 3.04. The van der Waals surface area contributed by atoms with Gasteiger partial charge >= 0.3 is 0 Å². The van der Waals surface area contributed by atoms with Gasteiger partial charge in [0.2, 0.25) is 0 Å². The minimum Gasteiger partial charge on any atom is -0.495 e. The van der Waals surface area contributed by atoms with Gasteiger partial charge in [0.15, 0.2) is 0 Å².